The van der Waals surface area contributed by atoms with E-state index in [1.54, 1.807) is 20.1 Å². The number of allylic oxidation sites excluding steroid dienone is 2. The van der Waals surface area contributed by atoms with Gasteiger partial charge in [0.1, 0.15) is 5.25 Å². The summed E-state index contributed by atoms with van der Waals surface area (Å²) in [7, 11) is -13.3. The molecule has 5 aliphatic rings. The Labute approximate surface area is 221 Å². The zero-order chi connectivity index (χ0) is 27.6. The smallest absolute Gasteiger partial charge is 0.285 e. The van der Waals surface area contributed by atoms with Gasteiger partial charge < -0.3 is 0 Å². The summed E-state index contributed by atoms with van der Waals surface area (Å²) in [5.41, 5.74) is 1.72. The Bertz CT molecular complexity index is 2000. The van der Waals surface area contributed by atoms with Crippen LogP contribution in [-0.4, -0.2) is 81.3 Å². The van der Waals surface area contributed by atoms with Gasteiger partial charge in [-0.1, -0.05) is 12.2 Å². The Morgan fingerprint density at radius 2 is 1.64 bits per heavy atom. The second-order valence-electron chi connectivity index (χ2n) is 9.54. The molecule has 4 heterocycles. The van der Waals surface area contributed by atoms with Crippen molar-refractivity contribution in [2.45, 2.75) is 36.6 Å². The number of anilines is 1. The molecule has 3 aliphatic carbocycles. The first kappa shape index (κ1) is 24.6. The van der Waals surface area contributed by atoms with Crippen LogP contribution in [0.25, 0.3) is 18.1 Å². The fraction of sp³-hybridized carbons (Fsp3) is 0.286. The first-order valence-electron chi connectivity index (χ1n) is 11.5. The molecule has 3 atom stereocenters. The van der Waals surface area contributed by atoms with E-state index in [2.05, 4.69) is 9.97 Å². The van der Waals surface area contributed by atoms with E-state index in [-0.39, 0.29) is 34.8 Å². The number of fused-ring (bicyclic) bond motifs is 12. The molecule has 0 aromatic carbocycles. The molecular formula is C21H18N6O9S3. The normalized spacial score (nSPS) is 25.1. The van der Waals surface area contributed by atoms with Gasteiger partial charge >= 0.3 is 0 Å². The van der Waals surface area contributed by atoms with Crippen LogP contribution in [0.4, 0.5) is 5.95 Å². The molecule has 0 fully saturated rings. The molecule has 204 valence electrons. The minimum atomic E-state index is -4.50. The van der Waals surface area contributed by atoms with Crippen LogP contribution in [0, 0.1) is 0 Å². The second kappa shape index (κ2) is 7.61. The van der Waals surface area contributed by atoms with Gasteiger partial charge in [0.2, 0.25) is 17.9 Å². The lowest BCUT2D eigenvalue weighted by atomic mass is 10.0. The molecule has 18 heteroatoms. The minimum absolute atomic E-state index is 0.00941. The molecule has 15 nitrogen and oxygen atoms in total. The molecule has 3 unspecified atom stereocenters. The molecule has 2 aromatic rings. The van der Waals surface area contributed by atoms with Crippen LogP contribution in [0.5, 0.6) is 0 Å². The van der Waals surface area contributed by atoms with Crippen LogP contribution in [-0.2, 0) is 43.2 Å². The fourth-order valence-electron chi connectivity index (χ4n) is 5.52. The summed E-state index contributed by atoms with van der Waals surface area (Å²) in [6.07, 6.45) is 8.33. The summed E-state index contributed by atoms with van der Waals surface area (Å²) in [5.74, 6) is 0.900. The molecule has 0 radical (unpaired) electrons. The van der Waals surface area contributed by atoms with Crippen LogP contribution in [0.1, 0.15) is 29.2 Å². The van der Waals surface area contributed by atoms with Crippen molar-refractivity contribution < 1.29 is 38.9 Å². The molecule has 0 spiro atoms. The summed E-state index contributed by atoms with van der Waals surface area (Å²) in [6.45, 7) is 0. The number of imidazole rings is 2. The van der Waals surface area contributed by atoms with Crippen molar-refractivity contribution in [1.82, 2.24) is 19.1 Å². The fourth-order valence-corrected chi connectivity index (χ4v) is 7.35. The van der Waals surface area contributed by atoms with Gasteiger partial charge in [-0.05, 0) is 37.1 Å². The van der Waals surface area contributed by atoms with E-state index in [4.69, 9.17) is 4.99 Å². The van der Waals surface area contributed by atoms with E-state index < -0.39 is 47.7 Å². The summed E-state index contributed by atoms with van der Waals surface area (Å²) in [4.78, 5) is 15.2. The lowest BCUT2D eigenvalue weighted by Crippen LogP contribution is -2.46. The average molecular weight is 595 g/mol. The molecule has 0 saturated carbocycles. The van der Waals surface area contributed by atoms with Crippen molar-refractivity contribution >= 4 is 54.4 Å². The van der Waals surface area contributed by atoms with Gasteiger partial charge in [-0.25, -0.2) is 19.5 Å². The standard InChI is InChI=1S/C21H18N6O9S3/c28-37(29,30)10-1-4-16-13(7-10)22-19-25(16)20-23-14-8-11(38(31,32)33)2-5-17(14)27(20)21-24-15-9-12(39(34,35)36)3-6-18(15)26(19)21/h1-2,4-5,8-10,14,17H,3,6-7H2,(H,28,29,30)(H,31,32,33)(H,34,35,36). The van der Waals surface area contributed by atoms with E-state index in [0.717, 1.165) is 0 Å². The summed E-state index contributed by atoms with van der Waals surface area (Å²) in [5, 5.41) is -1.20. The highest BCUT2D eigenvalue weighted by atomic mass is 32.2. The lowest BCUT2D eigenvalue weighted by Gasteiger charge is -2.33. The topological polar surface area (TPSA) is 214 Å². The van der Waals surface area contributed by atoms with E-state index in [1.165, 1.54) is 30.4 Å². The molecule has 3 N–H and O–H groups in total. The van der Waals surface area contributed by atoms with Crippen LogP contribution in [0.2, 0.25) is 0 Å². The quantitative estimate of drug-likeness (QED) is 0.406. The molecule has 2 aromatic heterocycles. The highest BCUT2D eigenvalue weighted by molar-refractivity contribution is 7.90. The van der Waals surface area contributed by atoms with Crippen LogP contribution in [0.15, 0.2) is 39.1 Å². The van der Waals surface area contributed by atoms with Gasteiger partial charge in [0.25, 0.3) is 30.4 Å². The molecule has 0 bridgehead atoms. The van der Waals surface area contributed by atoms with Crippen LogP contribution >= 0.6 is 0 Å². The number of aromatic nitrogens is 4. The molecule has 0 amide bonds. The second-order valence-corrected chi connectivity index (χ2v) is 14.1. The van der Waals surface area contributed by atoms with E-state index in [0.29, 0.717) is 34.9 Å². The van der Waals surface area contributed by atoms with Gasteiger partial charge in [0.15, 0.2) is 0 Å². The van der Waals surface area contributed by atoms with Crippen molar-refractivity contribution in [3.63, 3.8) is 0 Å². The Kier molecular flexibility index (Phi) is 4.80. The lowest BCUT2D eigenvalue weighted by molar-refractivity contribution is 0.473. The van der Waals surface area contributed by atoms with Crippen LogP contribution in [0.3, 0.4) is 0 Å². The maximum atomic E-state index is 11.8. The average Bonchev–Trinajstić information content (AvgIpc) is 3.51. The van der Waals surface area contributed by atoms with E-state index in [9.17, 15) is 38.9 Å². The van der Waals surface area contributed by atoms with Crippen molar-refractivity contribution in [2.24, 2.45) is 4.99 Å². The van der Waals surface area contributed by atoms with Gasteiger partial charge in [0.05, 0.1) is 44.7 Å². The van der Waals surface area contributed by atoms with Crippen molar-refractivity contribution in [1.29, 1.82) is 0 Å². The number of hydrogen-bond donors (Lipinski definition) is 3. The van der Waals surface area contributed by atoms with Crippen molar-refractivity contribution in [2.75, 3.05) is 4.90 Å². The van der Waals surface area contributed by atoms with Crippen molar-refractivity contribution in [3.8, 4) is 5.95 Å². The zero-order valence-corrected chi connectivity index (χ0v) is 22.0. The van der Waals surface area contributed by atoms with E-state index >= 15 is 0 Å². The largest absolute Gasteiger partial charge is 0.294 e. The first-order chi connectivity index (χ1) is 18.2. The third kappa shape index (κ3) is 3.56. The van der Waals surface area contributed by atoms with Gasteiger partial charge in [-0.3, -0.25) is 23.1 Å². The SMILES string of the molecule is O=S(=O)(O)C1=CC2N=C3N(c4nc5c(n4-c4nc6c(n43)C=CC(S(=O)(=O)O)C6)CCC(S(=O)(=O)O)=C5)C2C=C1. The van der Waals surface area contributed by atoms with Gasteiger partial charge in [-0.2, -0.15) is 25.3 Å². The maximum Gasteiger partial charge on any atom is 0.294 e. The summed E-state index contributed by atoms with van der Waals surface area (Å²) < 4.78 is 103. The number of aliphatic imine (C=N–C) groups is 1. The number of hydrogen-bond acceptors (Lipinski definition) is 10. The predicted molar refractivity (Wildman–Crippen MR) is 137 cm³/mol. The number of rotatable bonds is 3. The van der Waals surface area contributed by atoms with E-state index in [1.807, 2.05) is 0 Å². The Morgan fingerprint density at radius 1 is 0.872 bits per heavy atom. The summed E-state index contributed by atoms with van der Waals surface area (Å²) >= 11 is 0. The Morgan fingerprint density at radius 3 is 2.33 bits per heavy atom. The van der Waals surface area contributed by atoms with Crippen molar-refractivity contribution in [3.05, 3.63) is 56.9 Å². The first-order valence-corrected chi connectivity index (χ1v) is 15.9. The molecule has 39 heavy (non-hydrogen) atoms. The minimum Gasteiger partial charge on any atom is -0.285 e. The third-order valence-electron chi connectivity index (χ3n) is 7.27. The number of nitrogens with zero attached hydrogens (tertiary/aromatic N) is 6. The molecule has 2 aliphatic heterocycles. The highest BCUT2D eigenvalue weighted by Crippen LogP contribution is 2.42. The maximum absolute atomic E-state index is 11.8. The third-order valence-corrected chi connectivity index (χ3v) is 10.2. The van der Waals surface area contributed by atoms with Gasteiger partial charge in [0, 0.05) is 6.42 Å². The Hall–Kier alpha value is -3.42. The zero-order valence-electron chi connectivity index (χ0n) is 19.5. The molecular weight excluding hydrogens is 576 g/mol. The molecule has 7 rings (SSSR count). The molecule has 0 saturated heterocycles. The monoisotopic (exact) mass is 594 g/mol. The van der Waals surface area contributed by atoms with Gasteiger partial charge in [-0.15, -0.1) is 0 Å². The highest BCUT2D eigenvalue weighted by Gasteiger charge is 2.47. The van der Waals surface area contributed by atoms with Crippen LogP contribution < -0.4 is 4.90 Å². The summed E-state index contributed by atoms with van der Waals surface area (Å²) in [6, 6.07) is -1.32. The Balaban J connectivity index is 1.47. The predicted octanol–water partition coefficient (Wildman–Crippen LogP) is 0.186.